The van der Waals surface area contributed by atoms with Crippen LogP contribution in [0.2, 0.25) is 0 Å². The zero-order valence-electron chi connectivity index (χ0n) is 6.53. The van der Waals surface area contributed by atoms with Crippen LogP contribution >= 0.6 is 11.8 Å². The van der Waals surface area contributed by atoms with Crippen LogP contribution in [-0.4, -0.2) is 22.0 Å². The Morgan fingerprint density at radius 1 is 1.75 bits per heavy atom. The Bertz CT molecular complexity index is 334. The van der Waals surface area contributed by atoms with Crippen molar-refractivity contribution in [3.05, 3.63) is 22.1 Å². The monoisotopic (exact) mass is 184 g/mol. The van der Waals surface area contributed by atoms with Crippen molar-refractivity contribution in [2.24, 2.45) is 0 Å². The van der Waals surface area contributed by atoms with Crippen LogP contribution in [-0.2, 0) is 4.79 Å². The number of carbonyl (C=O) groups excluding carboxylic acids is 1. The van der Waals surface area contributed by atoms with Gasteiger partial charge in [0.25, 0.3) is 5.56 Å². The summed E-state index contributed by atoms with van der Waals surface area (Å²) in [4.78, 5) is 27.4. The third-order valence-corrected chi connectivity index (χ3v) is 1.91. The van der Waals surface area contributed by atoms with Gasteiger partial charge in [0.1, 0.15) is 6.29 Å². The summed E-state index contributed by atoms with van der Waals surface area (Å²) in [6.07, 6.45) is 0.771. The van der Waals surface area contributed by atoms with E-state index in [4.69, 9.17) is 0 Å². The molecule has 0 radical (unpaired) electrons. The van der Waals surface area contributed by atoms with E-state index in [9.17, 15) is 9.59 Å². The fraction of sp³-hybridized carbons (Fsp3) is 0.286. The molecule has 12 heavy (non-hydrogen) atoms. The Labute approximate surface area is 73.4 Å². The maximum absolute atomic E-state index is 10.9. The zero-order chi connectivity index (χ0) is 8.97. The van der Waals surface area contributed by atoms with E-state index >= 15 is 0 Å². The second-order valence-corrected chi connectivity index (χ2v) is 3.18. The highest BCUT2D eigenvalue weighted by Gasteiger charge is 1.97. The number of nitrogens with zero attached hydrogens (tertiary/aromatic N) is 1. The van der Waals surface area contributed by atoms with Gasteiger partial charge in [0, 0.05) is 11.8 Å². The molecule has 0 atom stereocenters. The molecule has 1 aromatic rings. The van der Waals surface area contributed by atoms with Gasteiger partial charge in [0.15, 0.2) is 5.16 Å². The molecule has 0 spiro atoms. The molecule has 4 nitrogen and oxygen atoms in total. The van der Waals surface area contributed by atoms with Gasteiger partial charge < -0.3 is 9.78 Å². The smallest absolute Gasteiger partial charge is 0.251 e. The lowest BCUT2D eigenvalue weighted by Crippen LogP contribution is -2.08. The van der Waals surface area contributed by atoms with Crippen LogP contribution in [0.3, 0.4) is 0 Å². The van der Waals surface area contributed by atoms with Crippen LogP contribution in [0.15, 0.2) is 16.0 Å². The van der Waals surface area contributed by atoms with E-state index in [0.29, 0.717) is 16.6 Å². The number of aldehydes is 1. The molecule has 0 aliphatic heterocycles. The molecule has 0 aliphatic carbocycles. The summed E-state index contributed by atoms with van der Waals surface area (Å²) in [5.74, 6) is 0.312. The van der Waals surface area contributed by atoms with Gasteiger partial charge >= 0.3 is 0 Å². The number of hydrogen-bond acceptors (Lipinski definition) is 4. The lowest BCUT2D eigenvalue weighted by molar-refractivity contribution is -0.105. The van der Waals surface area contributed by atoms with Crippen LogP contribution in [0.25, 0.3) is 0 Å². The summed E-state index contributed by atoms with van der Waals surface area (Å²) in [5.41, 5.74) is 0.475. The number of rotatable bonds is 3. The van der Waals surface area contributed by atoms with Crippen molar-refractivity contribution < 1.29 is 4.79 Å². The van der Waals surface area contributed by atoms with Crippen molar-refractivity contribution >= 4 is 18.0 Å². The molecule has 1 rings (SSSR count). The third-order valence-electron chi connectivity index (χ3n) is 1.14. The Morgan fingerprint density at radius 2 is 2.50 bits per heavy atom. The number of aromatic nitrogens is 2. The van der Waals surface area contributed by atoms with Crippen LogP contribution in [0.1, 0.15) is 5.69 Å². The van der Waals surface area contributed by atoms with Crippen LogP contribution in [0.5, 0.6) is 0 Å². The summed E-state index contributed by atoms with van der Waals surface area (Å²) >= 11 is 1.21. The number of aromatic amines is 1. The number of nitrogens with one attached hydrogen (secondary N) is 1. The highest BCUT2D eigenvalue weighted by atomic mass is 32.2. The number of hydrogen-bond donors (Lipinski definition) is 1. The van der Waals surface area contributed by atoms with Crippen molar-refractivity contribution in [1.29, 1.82) is 0 Å². The van der Waals surface area contributed by atoms with Crippen LogP contribution < -0.4 is 5.56 Å². The predicted molar refractivity (Wildman–Crippen MR) is 46.4 cm³/mol. The lowest BCUT2D eigenvalue weighted by atomic mass is 10.5. The quantitative estimate of drug-likeness (QED) is 0.419. The first-order valence-corrected chi connectivity index (χ1v) is 4.35. The van der Waals surface area contributed by atoms with Gasteiger partial charge in [-0.3, -0.25) is 4.79 Å². The summed E-state index contributed by atoms with van der Waals surface area (Å²) in [5, 5.41) is 0.493. The van der Waals surface area contributed by atoms with Gasteiger partial charge in [-0.1, -0.05) is 11.8 Å². The lowest BCUT2D eigenvalue weighted by Gasteiger charge is -1.96. The molecule has 0 saturated carbocycles. The Morgan fingerprint density at radius 3 is 3.08 bits per heavy atom. The van der Waals surface area contributed by atoms with Gasteiger partial charge in [-0.2, -0.15) is 0 Å². The summed E-state index contributed by atoms with van der Waals surface area (Å²) in [7, 11) is 0. The van der Waals surface area contributed by atoms with E-state index in [0.717, 1.165) is 6.29 Å². The van der Waals surface area contributed by atoms with E-state index in [1.807, 2.05) is 0 Å². The summed E-state index contributed by atoms with van der Waals surface area (Å²) in [6, 6.07) is 1.41. The fourth-order valence-electron chi connectivity index (χ4n) is 0.733. The van der Waals surface area contributed by atoms with E-state index in [1.54, 1.807) is 6.92 Å². The molecule has 0 aliphatic rings. The molecule has 0 aromatic carbocycles. The summed E-state index contributed by atoms with van der Waals surface area (Å²) in [6.45, 7) is 1.74. The topological polar surface area (TPSA) is 62.8 Å². The average Bonchev–Trinajstić information content (AvgIpc) is 1.99. The first-order chi connectivity index (χ1) is 5.72. The Kier molecular flexibility index (Phi) is 3.04. The van der Waals surface area contributed by atoms with Crippen molar-refractivity contribution in [3.63, 3.8) is 0 Å². The molecule has 1 heterocycles. The maximum Gasteiger partial charge on any atom is 0.251 e. The maximum atomic E-state index is 10.9. The first kappa shape index (κ1) is 8.99. The van der Waals surface area contributed by atoms with E-state index in [-0.39, 0.29) is 5.56 Å². The summed E-state index contributed by atoms with van der Waals surface area (Å²) < 4.78 is 0. The Hall–Kier alpha value is -1.10. The number of thioether (sulfide) groups is 1. The molecular formula is C7H8N2O2S. The SMILES string of the molecule is Cc1cc(=O)[nH]c(SCC=O)n1. The van der Waals surface area contributed by atoms with E-state index in [2.05, 4.69) is 9.97 Å². The van der Waals surface area contributed by atoms with Crippen molar-refractivity contribution in [3.8, 4) is 0 Å². The zero-order valence-corrected chi connectivity index (χ0v) is 7.35. The average molecular weight is 184 g/mol. The standard InChI is InChI=1S/C7H8N2O2S/c1-5-4-6(11)9-7(8-5)12-3-2-10/h2,4H,3H2,1H3,(H,8,9,11). The highest BCUT2D eigenvalue weighted by Crippen LogP contribution is 2.08. The van der Waals surface area contributed by atoms with E-state index < -0.39 is 0 Å². The van der Waals surface area contributed by atoms with Gasteiger partial charge in [0.2, 0.25) is 0 Å². The second kappa shape index (κ2) is 4.06. The van der Waals surface area contributed by atoms with Gasteiger partial charge in [-0.05, 0) is 6.92 Å². The highest BCUT2D eigenvalue weighted by molar-refractivity contribution is 7.99. The Balaban J connectivity index is 2.85. The van der Waals surface area contributed by atoms with Crippen molar-refractivity contribution in [2.75, 3.05) is 5.75 Å². The minimum absolute atomic E-state index is 0.184. The molecule has 0 amide bonds. The molecule has 0 fully saturated rings. The van der Waals surface area contributed by atoms with Crippen molar-refractivity contribution in [1.82, 2.24) is 9.97 Å². The van der Waals surface area contributed by atoms with Crippen molar-refractivity contribution in [2.45, 2.75) is 12.1 Å². The molecule has 64 valence electrons. The number of H-pyrrole nitrogens is 1. The van der Waals surface area contributed by atoms with Gasteiger partial charge in [0.05, 0.1) is 5.75 Å². The first-order valence-electron chi connectivity index (χ1n) is 3.37. The molecular weight excluding hydrogens is 176 g/mol. The minimum atomic E-state index is -0.184. The number of aryl methyl sites for hydroxylation is 1. The normalized spacial score (nSPS) is 9.75. The molecule has 1 aromatic heterocycles. The molecule has 0 saturated heterocycles. The molecule has 0 unspecified atom stereocenters. The third kappa shape index (κ3) is 2.50. The molecule has 1 N–H and O–H groups in total. The van der Waals surface area contributed by atoms with Crippen LogP contribution in [0, 0.1) is 6.92 Å². The minimum Gasteiger partial charge on any atom is -0.302 e. The largest absolute Gasteiger partial charge is 0.302 e. The number of carbonyl (C=O) groups is 1. The predicted octanol–water partition coefficient (Wildman–Crippen LogP) is 0.369. The van der Waals surface area contributed by atoms with Gasteiger partial charge in [-0.25, -0.2) is 4.98 Å². The fourth-order valence-corrected chi connectivity index (χ4v) is 1.34. The van der Waals surface area contributed by atoms with E-state index in [1.165, 1.54) is 17.8 Å². The second-order valence-electron chi connectivity index (χ2n) is 2.17. The molecule has 5 heteroatoms. The van der Waals surface area contributed by atoms with Crippen LogP contribution in [0.4, 0.5) is 0 Å². The molecule has 0 bridgehead atoms. The van der Waals surface area contributed by atoms with Gasteiger partial charge in [-0.15, -0.1) is 0 Å².